The molecule has 2 amide bonds. The van der Waals surface area contributed by atoms with Gasteiger partial charge in [0, 0.05) is 28.0 Å². The first-order valence-corrected chi connectivity index (χ1v) is 17.1. The molecule has 0 unspecified atom stereocenters. The number of rotatable bonds is 11. The first-order valence-electron chi connectivity index (χ1n) is 14.5. The summed E-state index contributed by atoms with van der Waals surface area (Å²) in [5.41, 5.74) is 2.08. The number of aryl methyl sites for hydroxylation is 1. The van der Waals surface area contributed by atoms with Crippen LogP contribution >= 0.6 is 27.5 Å². The predicted molar refractivity (Wildman–Crippen MR) is 184 cm³/mol. The van der Waals surface area contributed by atoms with Gasteiger partial charge in [0.1, 0.15) is 12.6 Å². The van der Waals surface area contributed by atoms with E-state index in [-0.39, 0.29) is 29.5 Å². The number of halogens is 2. The highest BCUT2D eigenvalue weighted by molar-refractivity contribution is 9.10. The van der Waals surface area contributed by atoms with Gasteiger partial charge >= 0.3 is 0 Å². The number of nitrogens with zero attached hydrogens (tertiary/aromatic N) is 2. The first kappa shape index (κ1) is 34.2. The van der Waals surface area contributed by atoms with Crippen molar-refractivity contribution in [1.29, 1.82) is 0 Å². The second-order valence-corrected chi connectivity index (χ2v) is 15.0. The Labute approximate surface area is 279 Å². The average Bonchev–Trinajstić information content (AvgIpc) is 3.00. The molecule has 4 aromatic rings. The molecule has 0 aliphatic rings. The lowest BCUT2D eigenvalue weighted by Gasteiger charge is -2.35. The summed E-state index contributed by atoms with van der Waals surface area (Å²) in [6, 6.07) is 28.8. The zero-order valence-corrected chi connectivity index (χ0v) is 28.9. The minimum Gasteiger partial charge on any atom is -0.350 e. The number of carbonyl (C=O) groups is 2. The molecule has 0 saturated carbocycles. The zero-order chi connectivity index (χ0) is 32.8. The molecular formula is C35H37BrClN3O4S. The summed E-state index contributed by atoms with van der Waals surface area (Å²) in [7, 11) is -4.20. The van der Waals surface area contributed by atoms with Gasteiger partial charge in [-0.25, -0.2) is 8.42 Å². The van der Waals surface area contributed by atoms with Gasteiger partial charge in [-0.1, -0.05) is 94.3 Å². The number of hydrogen-bond donors (Lipinski definition) is 1. The minimum atomic E-state index is -4.20. The number of anilines is 1. The zero-order valence-electron chi connectivity index (χ0n) is 25.7. The van der Waals surface area contributed by atoms with Gasteiger partial charge in [0.2, 0.25) is 11.8 Å². The molecule has 0 radical (unpaired) electrons. The van der Waals surface area contributed by atoms with Gasteiger partial charge in [-0.05, 0) is 80.8 Å². The Morgan fingerprint density at radius 2 is 1.47 bits per heavy atom. The first-order chi connectivity index (χ1) is 21.2. The molecule has 0 fully saturated rings. The third-order valence-corrected chi connectivity index (χ3v) is 9.81. The Morgan fingerprint density at radius 3 is 2.04 bits per heavy atom. The number of hydrogen-bond acceptors (Lipinski definition) is 4. The van der Waals surface area contributed by atoms with Crippen molar-refractivity contribution in [2.45, 2.75) is 57.1 Å². The third-order valence-electron chi connectivity index (χ3n) is 7.09. The quantitative estimate of drug-likeness (QED) is 0.179. The molecule has 0 aliphatic heterocycles. The molecule has 4 aromatic carbocycles. The molecule has 7 nitrogen and oxygen atoms in total. The van der Waals surface area contributed by atoms with Gasteiger partial charge in [0.15, 0.2) is 0 Å². The highest BCUT2D eigenvalue weighted by Crippen LogP contribution is 2.29. The maximum Gasteiger partial charge on any atom is 0.264 e. The van der Waals surface area contributed by atoms with Crippen LogP contribution in [0.1, 0.15) is 37.5 Å². The molecule has 0 bridgehead atoms. The molecule has 236 valence electrons. The van der Waals surface area contributed by atoms with E-state index in [4.69, 9.17) is 11.6 Å². The average molecular weight is 711 g/mol. The molecule has 4 rings (SSSR count). The highest BCUT2D eigenvalue weighted by Gasteiger charge is 2.35. The second kappa shape index (κ2) is 14.6. The van der Waals surface area contributed by atoms with E-state index in [0.29, 0.717) is 5.02 Å². The van der Waals surface area contributed by atoms with Gasteiger partial charge in [-0.3, -0.25) is 13.9 Å². The van der Waals surface area contributed by atoms with E-state index in [1.54, 1.807) is 30.3 Å². The van der Waals surface area contributed by atoms with Gasteiger partial charge < -0.3 is 10.2 Å². The summed E-state index contributed by atoms with van der Waals surface area (Å²) in [6.45, 7) is 6.97. The van der Waals surface area contributed by atoms with Crippen molar-refractivity contribution in [2.24, 2.45) is 0 Å². The Balaban J connectivity index is 1.82. The summed E-state index contributed by atoms with van der Waals surface area (Å²) in [5.74, 6) is -0.883. The van der Waals surface area contributed by atoms with E-state index in [1.165, 1.54) is 23.1 Å². The van der Waals surface area contributed by atoms with Crippen molar-refractivity contribution in [3.8, 4) is 0 Å². The normalized spacial score (nSPS) is 12.3. The minimum absolute atomic E-state index is 0.0280. The molecule has 1 atom stereocenters. The fraction of sp³-hybridized carbons (Fsp3) is 0.257. The third kappa shape index (κ3) is 9.19. The number of carbonyl (C=O) groups excluding carboxylic acids is 2. The topological polar surface area (TPSA) is 86.8 Å². The van der Waals surface area contributed by atoms with E-state index in [2.05, 4.69) is 21.2 Å². The van der Waals surface area contributed by atoms with Crippen LogP contribution in [0, 0.1) is 6.92 Å². The summed E-state index contributed by atoms with van der Waals surface area (Å²) < 4.78 is 30.1. The van der Waals surface area contributed by atoms with Crippen LogP contribution in [0.5, 0.6) is 0 Å². The van der Waals surface area contributed by atoms with Crippen molar-refractivity contribution >= 4 is 55.1 Å². The van der Waals surface area contributed by atoms with Crippen LogP contribution in [-0.2, 0) is 32.6 Å². The Bertz CT molecular complexity index is 1730. The predicted octanol–water partition coefficient (Wildman–Crippen LogP) is 7.16. The molecule has 10 heteroatoms. The summed E-state index contributed by atoms with van der Waals surface area (Å²) >= 11 is 9.90. The van der Waals surface area contributed by atoms with Crippen LogP contribution in [-0.4, -0.2) is 43.3 Å². The number of nitrogens with one attached hydrogen (secondary N) is 1. The van der Waals surface area contributed by atoms with E-state index < -0.39 is 34.1 Å². The molecular weight excluding hydrogens is 674 g/mol. The maximum absolute atomic E-state index is 14.5. The van der Waals surface area contributed by atoms with Crippen molar-refractivity contribution < 1.29 is 18.0 Å². The van der Waals surface area contributed by atoms with Crippen LogP contribution in [0.15, 0.2) is 112 Å². The summed E-state index contributed by atoms with van der Waals surface area (Å²) in [5, 5.41) is 3.40. The number of amides is 2. The Hall–Kier alpha value is -3.66. The second-order valence-electron chi connectivity index (χ2n) is 11.9. The summed E-state index contributed by atoms with van der Waals surface area (Å²) in [4.78, 5) is 30.0. The van der Waals surface area contributed by atoms with Gasteiger partial charge in [-0.15, -0.1) is 0 Å². The lowest BCUT2D eigenvalue weighted by Crippen LogP contribution is -2.56. The molecule has 0 heterocycles. The van der Waals surface area contributed by atoms with Gasteiger partial charge in [0.05, 0.1) is 10.6 Å². The molecule has 0 saturated heterocycles. The molecule has 0 aromatic heterocycles. The standard InChI is InChI=1S/C35H37BrClN3O4S/c1-25-15-20-29(22-31(25)37)40(45(43,44)30-13-9-6-10-14-30)24-33(41)39(23-27-16-18-28(36)19-17-27)32(34(42)38-35(2,3)4)21-26-11-7-5-8-12-26/h5-20,22,32H,21,23-24H2,1-4H3,(H,38,42)/t32-/m0/s1. The monoisotopic (exact) mass is 709 g/mol. The van der Waals surface area contributed by atoms with Gasteiger partial charge in [-0.2, -0.15) is 0 Å². The van der Waals surface area contributed by atoms with Gasteiger partial charge in [0.25, 0.3) is 10.0 Å². The smallest absolute Gasteiger partial charge is 0.264 e. The van der Waals surface area contributed by atoms with E-state index in [9.17, 15) is 18.0 Å². The van der Waals surface area contributed by atoms with Crippen LogP contribution < -0.4 is 9.62 Å². The lowest BCUT2D eigenvalue weighted by atomic mass is 10.0. The van der Waals surface area contributed by atoms with Crippen LogP contribution in [0.2, 0.25) is 5.02 Å². The van der Waals surface area contributed by atoms with E-state index in [0.717, 1.165) is 25.5 Å². The maximum atomic E-state index is 14.5. The largest absolute Gasteiger partial charge is 0.350 e. The molecule has 0 aliphatic carbocycles. The fourth-order valence-electron chi connectivity index (χ4n) is 4.78. The van der Waals surface area contributed by atoms with E-state index >= 15 is 0 Å². The van der Waals surface area contributed by atoms with Crippen molar-refractivity contribution in [3.63, 3.8) is 0 Å². The van der Waals surface area contributed by atoms with Crippen molar-refractivity contribution in [1.82, 2.24) is 10.2 Å². The fourth-order valence-corrected chi connectivity index (χ4v) is 6.64. The SMILES string of the molecule is Cc1ccc(N(CC(=O)N(Cc2ccc(Br)cc2)[C@@H](Cc2ccccc2)C(=O)NC(C)(C)C)S(=O)(=O)c2ccccc2)cc1Cl. The van der Waals surface area contributed by atoms with E-state index in [1.807, 2.05) is 82.3 Å². The highest BCUT2D eigenvalue weighted by atomic mass is 79.9. The van der Waals surface area contributed by atoms with Crippen molar-refractivity contribution in [2.75, 3.05) is 10.8 Å². The number of benzene rings is 4. The van der Waals surface area contributed by atoms with Crippen molar-refractivity contribution in [3.05, 3.63) is 129 Å². The molecule has 45 heavy (non-hydrogen) atoms. The van der Waals surface area contributed by atoms with Crippen LogP contribution in [0.25, 0.3) is 0 Å². The molecule has 0 spiro atoms. The lowest BCUT2D eigenvalue weighted by molar-refractivity contribution is -0.140. The Morgan fingerprint density at radius 1 is 0.867 bits per heavy atom. The van der Waals surface area contributed by atoms with Crippen LogP contribution in [0.3, 0.4) is 0 Å². The summed E-state index contributed by atoms with van der Waals surface area (Å²) in [6.07, 6.45) is 0.229. The Kier molecular flexibility index (Phi) is 11.1. The van der Waals surface area contributed by atoms with Crippen LogP contribution in [0.4, 0.5) is 5.69 Å². The number of sulfonamides is 1. The molecule has 1 N–H and O–H groups in total.